The zero-order valence-electron chi connectivity index (χ0n) is 74.2. The number of hydrogen-bond donors (Lipinski definition) is 8. The normalized spacial score (nSPS) is 11.0. The van der Waals surface area contributed by atoms with Crippen LogP contribution in [0.1, 0.15) is 97.7 Å². The van der Waals surface area contributed by atoms with Crippen LogP contribution in [0.5, 0.6) is 0 Å². The number of amides is 1. The van der Waals surface area contributed by atoms with Crippen molar-refractivity contribution in [1.29, 1.82) is 0 Å². The topological polar surface area (TPSA) is 520 Å². The number of nitrogens with zero attached hydrogens (tertiary/aromatic N) is 9. The number of carbonyl (C=O) groups is 6. The van der Waals surface area contributed by atoms with Crippen LogP contribution in [0.15, 0.2) is 237 Å². The van der Waals surface area contributed by atoms with Crippen LogP contribution in [0, 0.1) is 55.1 Å². The molecule has 46 heteroatoms. The third-order valence-corrected chi connectivity index (χ3v) is 18.6. The third kappa shape index (κ3) is 41.2. The van der Waals surface area contributed by atoms with Gasteiger partial charge in [-0.15, -0.1) is 11.3 Å². The molecule has 1 amide bonds. The van der Waals surface area contributed by atoms with Crippen molar-refractivity contribution in [2.24, 2.45) is 0 Å². The number of fused-ring (bicyclic) bond motifs is 2. The van der Waals surface area contributed by atoms with Crippen LogP contribution < -0.4 is 27.4 Å². The second-order valence-electron chi connectivity index (χ2n) is 26.6. The number of aromatic nitrogens is 5. The summed E-state index contributed by atoms with van der Waals surface area (Å²) in [5.41, 5.74) is 18.6. The monoisotopic (exact) mass is 2110 g/mol. The first-order valence-corrected chi connectivity index (χ1v) is 47.4. The number of anilines is 6. The molecule has 0 unspecified atom stereocenters. The van der Waals surface area contributed by atoms with Gasteiger partial charge in [0.2, 0.25) is 5.82 Å². The SMILES string of the molecule is C.C.C.CCO.CCO.COC(=O)c1ccc(F)c([N+](=O)[O-])c1.COC(=O)c1ccc(Nc2ccc(F)cc2)c(N)c1.COC(=O)c1ccc(Nc2ccc(F)cc2)c([N+](=O)[O-])c1.COC(=O)c1ccc2c(c1)ncn2-c1ccc(F)cc1.COC(OC)OC.Nc1ccc(F)cc1.O.O.O=C(O)c1ccc2c(c1)ncn2-c1ccc(F)cc1.O=C(c1nccs1)N1CCN(C2CNC2)CC1.[Cl][Sn][Cl]. The van der Waals surface area contributed by atoms with Gasteiger partial charge in [-0.2, -0.15) is 4.39 Å². The molecule has 0 bridgehead atoms. The molecule has 2 aliphatic heterocycles. The van der Waals surface area contributed by atoms with E-state index in [9.17, 15) is 75.3 Å². The summed E-state index contributed by atoms with van der Waals surface area (Å²) >= 11 is 0.596. The van der Waals surface area contributed by atoms with Crippen LogP contribution in [-0.4, -0.2) is 239 Å². The minimum absolute atomic E-state index is 0. The van der Waals surface area contributed by atoms with Crippen LogP contribution >= 0.6 is 29.2 Å². The van der Waals surface area contributed by atoms with E-state index >= 15 is 0 Å². The first-order valence-electron chi connectivity index (χ1n) is 39.3. The second kappa shape index (κ2) is 66.6. The summed E-state index contributed by atoms with van der Waals surface area (Å²) in [7, 11) is 19.4. The van der Waals surface area contributed by atoms with E-state index in [1.807, 2.05) is 14.8 Å². The number of piperazine rings is 1. The first-order chi connectivity index (χ1) is 64.2. The molecule has 2 radical (unpaired) electrons. The molecule has 15 rings (SSSR count). The fourth-order valence-corrected chi connectivity index (χ4v) is 11.9. The van der Waals surface area contributed by atoms with Crippen LogP contribution in [-0.2, 0) is 33.2 Å². The molecule has 14 N–H and O–H groups in total. The Labute approximate surface area is 818 Å². The van der Waals surface area contributed by atoms with Gasteiger partial charge in [0.05, 0.1) is 99.5 Å². The first kappa shape index (κ1) is 125. The summed E-state index contributed by atoms with van der Waals surface area (Å²) in [6.45, 7) is 9.18. The van der Waals surface area contributed by atoms with E-state index in [2.05, 4.69) is 69.0 Å². The van der Waals surface area contributed by atoms with E-state index in [0.717, 1.165) is 93.1 Å². The van der Waals surface area contributed by atoms with E-state index in [0.29, 0.717) is 61.6 Å². The molecule has 2 aliphatic rings. The number of aromatic carboxylic acids is 1. The second-order valence-corrected chi connectivity index (χ2v) is 31.7. The van der Waals surface area contributed by atoms with Gasteiger partial charge in [-0.3, -0.25) is 39.1 Å². The molecule has 10 aromatic carbocycles. The standard InChI is InChI=1S/C15H11FN2O2.C14H11FN2O4.C14H9FN2O2.C14H13FN2O2.C11H16N4OS.C8H6FNO4.C6H6FN.C4H10O3.2C2H6O.3CH4.2ClH.2H2O.Sn/c1-20-15(19)10-2-7-14-13(8-10)17-9-18(14)12-5-3-11(16)4-6-12;1-21-14(18)9-2-7-12(13(8-9)17(19)20)16-11-5-3-10(15)4-6-11;15-10-2-4-11(5-3-10)17-8-16-12-7-9(14(18)19)1-6-13(12)17;1-19-14(18)9-2-7-13(12(16)8-9)17-11-5-3-10(15)4-6-11;16-11(10-13-1-6-17-10)15-4-2-14(3-5-15)9-7-12-8-9;1-14-8(11)5-2-3-6(9)7(4-5)10(12)13;7-5-1-3-6(8)4-2-5;1-5-4(6-2)7-3;2*1-2-3;;;;;;;;/h2-9H,1H3;2-8,16H,1H3;1-8H,(H,18,19);2-8,17H,16H2,1H3;1,6,9,12H,2-5,7-8H2;2-4H,1H3;1-4H,8H2;4H,1-3H3;2*3H,2H2,1H3;3*1H4;2*1H;2*1H2;/q;;;;;;;;;;;;;;;;;+2/p-2. The molecule has 2 saturated heterocycles. The predicted molar refractivity (Wildman–Crippen MR) is 523 cm³/mol. The number of nitrogen functional groups attached to an aromatic ring is 2. The Bertz CT molecular complexity index is 5860. The third-order valence-electron chi connectivity index (χ3n) is 17.8. The molecule has 0 saturated carbocycles. The Balaban J connectivity index is 0.00000156. The maximum atomic E-state index is 12.9. The number of nitro groups is 2. The van der Waals surface area contributed by atoms with Crippen molar-refractivity contribution in [3.63, 3.8) is 0 Å². The number of hydrogen-bond acceptors (Lipinski definition) is 29. The molecule has 13 aromatic rings. The average Bonchev–Trinajstić information content (AvgIpc) is 1.66. The number of thiazole rings is 1. The number of rotatable bonds is 18. The van der Waals surface area contributed by atoms with Crippen LogP contribution in [0.2, 0.25) is 0 Å². The van der Waals surface area contributed by atoms with E-state index in [1.165, 1.54) is 169 Å². The molecule has 750 valence electrons. The quantitative estimate of drug-likeness (QED) is 0.00578. The van der Waals surface area contributed by atoms with Crippen molar-refractivity contribution in [3.8, 4) is 11.4 Å². The molecule has 2 fully saturated rings. The van der Waals surface area contributed by atoms with Gasteiger partial charge >= 0.3 is 72.3 Å². The number of nitrogens with two attached hydrogens (primary N) is 2. The molecule has 36 nitrogen and oxygen atoms in total. The van der Waals surface area contributed by atoms with E-state index < -0.39 is 82.4 Å². The van der Waals surface area contributed by atoms with Gasteiger partial charge in [0, 0.05) is 132 Å². The predicted octanol–water partition coefficient (Wildman–Crippen LogP) is 16.3. The van der Waals surface area contributed by atoms with Crippen molar-refractivity contribution in [1.82, 2.24) is 39.2 Å². The van der Waals surface area contributed by atoms with Gasteiger partial charge < -0.3 is 91.7 Å². The van der Waals surface area contributed by atoms with Gasteiger partial charge in [-0.05, 0) is 214 Å². The fraction of sp³-hybridized carbons (Fsp3) is 0.237. The minimum atomic E-state index is -0.988. The number of methoxy groups -OCH3 is 7. The Morgan fingerprint density at radius 3 is 1.19 bits per heavy atom. The Morgan fingerprint density at radius 1 is 0.504 bits per heavy atom. The number of aliphatic hydroxyl groups is 2. The number of aliphatic hydroxyl groups excluding tert-OH is 2. The van der Waals surface area contributed by atoms with Crippen molar-refractivity contribution < 1.29 is 124 Å². The number of carbonyl (C=O) groups excluding carboxylic acids is 5. The van der Waals surface area contributed by atoms with Crippen molar-refractivity contribution in [3.05, 3.63) is 325 Å². The molecule has 0 spiro atoms. The van der Waals surface area contributed by atoms with E-state index in [4.69, 9.17) is 44.6 Å². The molecule has 3 aromatic heterocycles. The fourth-order valence-electron chi connectivity index (χ4n) is 11.3. The van der Waals surface area contributed by atoms with E-state index in [-0.39, 0.29) is 104 Å². The molecule has 5 heterocycles. The molecule has 0 atom stereocenters. The summed E-state index contributed by atoms with van der Waals surface area (Å²) in [6, 6.07) is 51.2. The number of benzene rings is 10. The summed E-state index contributed by atoms with van der Waals surface area (Å²) in [4.78, 5) is 105. The van der Waals surface area contributed by atoms with Crippen LogP contribution in [0.25, 0.3) is 33.4 Å². The molecular weight excluding hydrogens is 2000 g/mol. The Hall–Kier alpha value is -13.8. The van der Waals surface area contributed by atoms with Crippen molar-refractivity contribution in [2.75, 3.05) is 124 Å². The number of carboxylic acid groups (broad SMARTS) is 1. The maximum absolute atomic E-state index is 12.9. The number of imidazole rings is 2. The van der Waals surface area contributed by atoms with Gasteiger partial charge in [0.15, 0.2) is 5.01 Å². The summed E-state index contributed by atoms with van der Waals surface area (Å²) in [5, 5.41) is 57.0. The number of ether oxygens (including phenoxy) is 7. The van der Waals surface area contributed by atoms with Gasteiger partial charge in [0.25, 0.3) is 18.1 Å². The zero-order chi connectivity index (χ0) is 98.9. The molecule has 139 heavy (non-hydrogen) atoms. The number of nitrogens with one attached hydrogen (secondary N) is 3. The van der Waals surface area contributed by atoms with Crippen LogP contribution in [0.4, 0.5) is 71.8 Å². The number of halogens is 8. The summed E-state index contributed by atoms with van der Waals surface area (Å²) in [6.07, 6.45) is 4.91. The Morgan fingerprint density at radius 2 is 0.849 bits per heavy atom. The molecular formula is C93H110Cl2F6N14O22SSn. The summed E-state index contributed by atoms with van der Waals surface area (Å²) < 4.78 is 112. The number of nitro benzene ring substituents is 2. The average molecular weight is 2110 g/mol. The van der Waals surface area contributed by atoms with Gasteiger partial charge in [-0.25, -0.2) is 60.9 Å². The van der Waals surface area contributed by atoms with Crippen molar-refractivity contribution in [2.45, 2.75) is 48.6 Å². The van der Waals surface area contributed by atoms with Crippen LogP contribution in [0.3, 0.4) is 0 Å². The van der Waals surface area contributed by atoms with Gasteiger partial charge in [0.1, 0.15) is 47.4 Å². The summed E-state index contributed by atoms with van der Waals surface area (Å²) in [5.74, 6) is -5.68. The zero-order valence-corrected chi connectivity index (χ0v) is 79.4. The van der Waals surface area contributed by atoms with Crippen molar-refractivity contribution >= 4 is 151 Å². The molecule has 0 aliphatic carbocycles. The number of carboxylic acids is 1. The van der Waals surface area contributed by atoms with Gasteiger partial charge in [-0.1, -0.05) is 22.3 Å². The Kier molecular flexibility index (Phi) is 60.0. The van der Waals surface area contributed by atoms with E-state index in [1.54, 1.807) is 110 Å². The number of esters is 4.